The minimum absolute atomic E-state index is 0.341. The van der Waals surface area contributed by atoms with Gasteiger partial charge in [-0.2, -0.15) is 11.8 Å². The first-order valence-electron chi connectivity index (χ1n) is 4.80. The lowest BCUT2D eigenvalue weighted by molar-refractivity contribution is 0.405. The van der Waals surface area contributed by atoms with E-state index in [0.29, 0.717) is 24.8 Å². The number of sulfone groups is 1. The summed E-state index contributed by atoms with van der Waals surface area (Å²) in [5.41, 5.74) is 5.75. The minimum atomic E-state index is -3.09. The highest BCUT2D eigenvalue weighted by molar-refractivity contribution is 8.00. The molecule has 0 saturated carbocycles. The van der Waals surface area contributed by atoms with Gasteiger partial charge in [0.15, 0.2) is 15.8 Å². The van der Waals surface area contributed by atoms with E-state index >= 15 is 0 Å². The molecule has 0 aliphatic carbocycles. The summed E-state index contributed by atoms with van der Waals surface area (Å²) < 4.78 is 23.1. The van der Waals surface area contributed by atoms with E-state index in [0.717, 1.165) is 5.75 Å². The van der Waals surface area contributed by atoms with Crippen LogP contribution >= 0.6 is 11.8 Å². The second kappa shape index (κ2) is 5.07. The molecule has 1 fully saturated rings. The third kappa shape index (κ3) is 3.27. The van der Waals surface area contributed by atoms with Crippen molar-refractivity contribution in [2.75, 3.05) is 30.9 Å². The topological polar surface area (TPSA) is 75.8 Å². The predicted molar refractivity (Wildman–Crippen MR) is 64.8 cm³/mol. The molecule has 1 saturated heterocycles. The van der Waals surface area contributed by atoms with Gasteiger partial charge in [0.1, 0.15) is 5.37 Å². The van der Waals surface area contributed by atoms with Gasteiger partial charge in [-0.1, -0.05) is 0 Å². The maximum atomic E-state index is 11.5. The zero-order chi connectivity index (χ0) is 11.5. The molecule has 0 bridgehead atoms. The highest BCUT2D eigenvalue weighted by Gasteiger charge is 2.31. The molecular formula is C8H17N3O2S2. The van der Waals surface area contributed by atoms with Gasteiger partial charge < -0.3 is 10.6 Å². The van der Waals surface area contributed by atoms with Crippen LogP contribution in [-0.4, -0.2) is 55.5 Å². The van der Waals surface area contributed by atoms with Crippen molar-refractivity contribution < 1.29 is 8.42 Å². The molecule has 0 aromatic carbocycles. The highest BCUT2D eigenvalue weighted by atomic mass is 32.2. The lowest BCUT2D eigenvalue weighted by Crippen LogP contribution is -2.52. The largest absolute Gasteiger partial charge is 0.370 e. The summed E-state index contributed by atoms with van der Waals surface area (Å²) in [6, 6.07) is 0. The van der Waals surface area contributed by atoms with Crippen molar-refractivity contribution in [2.45, 2.75) is 12.3 Å². The molecule has 15 heavy (non-hydrogen) atoms. The molecule has 0 radical (unpaired) electrons. The fraction of sp³-hybridized carbons (Fsp3) is 0.875. The maximum absolute atomic E-state index is 11.5. The van der Waals surface area contributed by atoms with Gasteiger partial charge in [0, 0.05) is 30.9 Å². The van der Waals surface area contributed by atoms with Crippen LogP contribution < -0.4 is 5.73 Å². The molecule has 1 aliphatic heterocycles. The summed E-state index contributed by atoms with van der Waals surface area (Å²) in [7, 11) is -3.09. The molecule has 1 rings (SSSR count). The predicted octanol–water partition coefficient (Wildman–Crippen LogP) is -0.259. The number of nitrogens with zero attached hydrogens (tertiary/aromatic N) is 2. The maximum Gasteiger partial charge on any atom is 0.192 e. The van der Waals surface area contributed by atoms with Crippen LogP contribution in [0.4, 0.5) is 0 Å². The molecule has 1 aliphatic rings. The minimum Gasteiger partial charge on any atom is -0.370 e. The average molecular weight is 251 g/mol. The third-order valence-electron chi connectivity index (χ3n) is 2.19. The molecule has 0 amide bonds. The Bertz CT molecular complexity index is 340. The molecule has 1 heterocycles. The highest BCUT2D eigenvalue weighted by Crippen LogP contribution is 2.19. The summed E-state index contributed by atoms with van der Waals surface area (Å²) in [6.07, 6.45) is 1.25. The second-order valence-corrected chi connectivity index (χ2v) is 6.74. The molecule has 1 unspecified atom stereocenters. The molecule has 0 spiro atoms. The first kappa shape index (κ1) is 12.6. The summed E-state index contributed by atoms with van der Waals surface area (Å²) in [6.45, 7) is 3.10. The Morgan fingerprint density at radius 3 is 2.87 bits per heavy atom. The van der Waals surface area contributed by atoms with Gasteiger partial charge in [0.05, 0.1) is 0 Å². The van der Waals surface area contributed by atoms with Crippen molar-refractivity contribution >= 4 is 27.6 Å². The van der Waals surface area contributed by atoms with Crippen molar-refractivity contribution in [3.8, 4) is 0 Å². The lowest BCUT2D eigenvalue weighted by atomic mass is 10.5. The van der Waals surface area contributed by atoms with Gasteiger partial charge >= 0.3 is 0 Å². The zero-order valence-corrected chi connectivity index (χ0v) is 10.6. The van der Waals surface area contributed by atoms with Crippen LogP contribution in [0.3, 0.4) is 0 Å². The summed E-state index contributed by atoms with van der Waals surface area (Å²) in [5.74, 6) is 1.80. The number of hydrogen-bond donors (Lipinski definition) is 1. The first-order chi connectivity index (χ1) is 6.96. The monoisotopic (exact) mass is 251 g/mol. The van der Waals surface area contributed by atoms with Crippen LogP contribution in [0, 0.1) is 0 Å². The molecule has 1 atom stereocenters. The second-order valence-electron chi connectivity index (χ2n) is 3.39. The molecule has 88 valence electrons. The van der Waals surface area contributed by atoms with Crippen LogP contribution in [0.2, 0.25) is 0 Å². The Kier molecular flexibility index (Phi) is 4.27. The molecule has 0 aromatic heterocycles. The number of nitrogens with two attached hydrogens (primary N) is 1. The zero-order valence-electron chi connectivity index (χ0n) is 9.01. The normalized spacial score (nSPS) is 24.3. The van der Waals surface area contributed by atoms with Crippen molar-refractivity contribution in [1.29, 1.82) is 0 Å². The van der Waals surface area contributed by atoms with Crippen molar-refractivity contribution in [3.63, 3.8) is 0 Å². The van der Waals surface area contributed by atoms with Crippen molar-refractivity contribution in [2.24, 2.45) is 10.7 Å². The smallest absolute Gasteiger partial charge is 0.192 e. The number of thioether (sulfide) groups is 1. The Morgan fingerprint density at radius 1 is 1.67 bits per heavy atom. The van der Waals surface area contributed by atoms with E-state index in [1.807, 2.05) is 6.92 Å². The van der Waals surface area contributed by atoms with Gasteiger partial charge in [-0.15, -0.1) is 0 Å². The number of guanidine groups is 1. The van der Waals surface area contributed by atoms with E-state index < -0.39 is 15.2 Å². The van der Waals surface area contributed by atoms with Crippen LogP contribution in [0.5, 0.6) is 0 Å². The van der Waals surface area contributed by atoms with Gasteiger partial charge in [-0.3, -0.25) is 4.99 Å². The summed E-state index contributed by atoms with van der Waals surface area (Å²) >= 11 is 1.64. The fourth-order valence-corrected chi connectivity index (χ4v) is 4.28. The van der Waals surface area contributed by atoms with Gasteiger partial charge in [0.2, 0.25) is 0 Å². The number of aliphatic imine (C=N–C) groups is 1. The van der Waals surface area contributed by atoms with E-state index in [2.05, 4.69) is 4.99 Å². The van der Waals surface area contributed by atoms with Gasteiger partial charge in [-0.25, -0.2) is 8.42 Å². The Morgan fingerprint density at radius 2 is 2.33 bits per heavy atom. The van der Waals surface area contributed by atoms with Gasteiger partial charge in [-0.05, 0) is 6.92 Å². The fourth-order valence-electron chi connectivity index (χ4n) is 1.45. The third-order valence-corrected chi connectivity index (χ3v) is 4.84. The van der Waals surface area contributed by atoms with Crippen LogP contribution in [0.15, 0.2) is 4.99 Å². The quantitative estimate of drug-likeness (QED) is 0.540. The molecular weight excluding hydrogens is 234 g/mol. The van der Waals surface area contributed by atoms with Crippen LogP contribution in [0.1, 0.15) is 6.92 Å². The average Bonchev–Trinajstić information content (AvgIpc) is 2.17. The number of hydrogen-bond acceptors (Lipinski definition) is 4. The summed E-state index contributed by atoms with van der Waals surface area (Å²) in [5, 5.41) is -0.522. The Labute approximate surface area is 95.0 Å². The first-order valence-corrected chi connectivity index (χ1v) is 7.91. The Balaban J connectivity index is 2.88. The van der Waals surface area contributed by atoms with Crippen molar-refractivity contribution in [1.82, 2.24) is 4.90 Å². The lowest BCUT2D eigenvalue weighted by Gasteiger charge is -2.34. The van der Waals surface area contributed by atoms with Crippen molar-refractivity contribution in [3.05, 3.63) is 0 Å². The van der Waals surface area contributed by atoms with E-state index in [1.165, 1.54) is 6.26 Å². The SMILES string of the molecule is CCN=C(N)N1CCSCC1S(C)(=O)=O. The molecule has 2 N–H and O–H groups in total. The summed E-state index contributed by atoms with van der Waals surface area (Å²) in [4.78, 5) is 5.75. The van der Waals surface area contributed by atoms with Gasteiger partial charge in [0.25, 0.3) is 0 Å². The Hall–Kier alpha value is -0.430. The molecule has 5 nitrogen and oxygen atoms in total. The van der Waals surface area contributed by atoms with E-state index in [-0.39, 0.29) is 0 Å². The van der Waals surface area contributed by atoms with E-state index in [4.69, 9.17) is 5.73 Å². The van der Waals surface area contributed by atoms with Crippen LogP contribution in [0.25, 0.3) is 0 Å². The number of rotatable bonds is 2. The van der Waals surface area contributed by atoms with E-state index in [1.54, 1.807) is 16.7 Å². The molecule has 7 heteroatoms. The molecule has 0 aromatic rings. The standard InChI is InChI=1S/C8H17N3O2S2/c1-3-10-8(9)11-4-5-14-6-7(11)15(2,12)13/h7H,3-6H2,1-2H3,(H2,9,10). The van der Waals surface area contributed by atoms with E-state index in [9.17, 15) is 8.42 Å². The van der Waals surface area contributed by atoms with Crippen LogP contribution in [-0.2, 0) is 9.84 Å².